The molecular formula is C16H25NO3. The van der Waals surface area contributed by atoms with Crippen LogP contribution in [0.15, 0.2) is 18.2 Å². The Kier molecular flexibility index (Phi) is 6.15. The summed E-state index contributed by atoms with van der Waals surface area (Å²) >= 11 is 0. The molecule has 2 rings (SSSR count). The molecule has 1 heterocycles. The van der Waals surface area contributed by atoms with Crippen LogP contribution >= 0.6 is 0 Å². The van der Waals surface area contributed by atoms with E-state index in [4.69, 9.17) is 14.6 Å². The first kappa shape index (κ1) is 15.1. The molecule has 1 unspecified atom stereocenters. The maximum atomic E-state index is 8.71. The van der Waals surface area contributed by atoms with Gasteiger partial charge in [-0.15, -0.1) is 0 Å². The Balaban J connectivity index is 1.64. The Morgan fingerprint density at radius 2 is 2.05 bits per heavy atom. The van der Waals surface area contributed by atoms with Gasteiger partial charge in [0.15, 0.2) is 11.5 Å². The van der Waals surface area contributed by atoms with Crippen LogP contribution in [0.1, 0.15) is 38.2 Å². The molecule has 112 valence electrons. The molecule has 0 amide bonds. The maximum absolute atomic E-state index is 8.71. The molecular weight excluding hydrogens is 254 g/mol. The number of nitrogens with one attached hydrogen (secondary N) is 1. The average Bonchev–Trinajstić information content (AvgIpc) is 2.92. The highest BCUT2D eigenvalue weighted by Gasteiger charge is 2.13. The number of unbranched alkanes of at least 4 members (excludes halogenated alkanes) is 2. The predicted molar refractivity (Wildman–Crippen MR) is 79.3 cm³/mol. The summed E-state index contributed by atoms with van der Waals surface area (Å²) in [4.78, 5) is 0. The number of aryl methyl sites for hydroxylation is 1. The maximum Gasteiger partial charge on any atom is 0.231 e. The topological polar surface area (TPSA) is 50.7 Å². The molecule has 4 heteroatoms. The first-order valence-electron chi connectivity index (χ1n) is 7.52. The molecule has 0 aliphatic carbocycles. The van der Waals surface area contributed by atoms with Gasteiger partial charge in [-0.05, 0) is 63.3 Å². The van der Waals surface area contributed by atoms with Gasteiger partial charge in [-0.3, -0.25) is 0 Å². The van der Waals surface area contributed by atoms with Gasteiger partial charge in [0.2, 0.25) is 6.79 Å². The molecule has 0 spiro atoms. The second-order valence-electron chi connectivity index (χ2n) is 5.37. The monoisotopic (exact) mass is 279 g/mol. The third kappa shape index (κ3) is 4.69. The SMILES string of the molecule is CC(CCc1ccc2c(c1)OCO2)NCCCCCO. The van der Waals surface area contributed by atoms with Crippen LogP contribution in [0.5, 0.6) is 11.5 Å². The average molecular weight is 279 g/mol. The van der Waals surface area contributed by atoms with E-state index in [2.05, 4.69) is 24.4 Å². The van der Waals surface area contributed by atoms with Crippen molar-refractivity contribution in [1.29, 1.82) is 0 Å². The highest BCUT2D eigenvalue weighted by Crippen LogP contribution is 2.32. The Morgan fingerprint density at radius 1 is 1.20 bits per heavy atom. The standard InChI is InChI=1S/C16H25NO3/c1-13(17-9-3-2-4-10-18)5-6-14-7-8-15-16(11-14)20-12-19-15/h7-8,11,13,17-18H,2-6,9-10,12H2,1H3. The fraction of sp³-hybridized carbons (Fsp3) is 0.625. The molecule has 0 saturated carbocycles. The molecule has 20 heavy (non-hydrogen) atoms. The summed E-state index contributed by atoms with van der Waals surface area (Å²) in [7, 11) is 0. The third-order valence-electron chi connectivity index (χ3n) is 3.63. The Morgan fingerprint density at radius 3 is 2.90 bits per heavy atom. The van der Waals surface area contributed by atoms with Gasteiger partial charge in [0, 0.05) is 12.6 Å². The first-order valence-corrected chi connectivity index (χ1v) is 7.52. The van der Waals surface area contributed by atoms with Crippen molar-refractivity contribution >= 4 is 0 Å². The number of ether oxygens (including phenoxy) is 2. The number of aliphatic hydroxyl groups excluding tert-OH is 1. The zero-order valence-electron chi connectivity index (χ0n) is 12.2. The molecule has 0 saturated heterocycles. The lowest BCUT2D eigenvalue weighted by atomic mass is 10.1. The minimum atomic E-state index is 0.305. The van der Waals surface area contributed by atoms with E-state index < -0.39 is 0 Å². The summed E-state index contributed by atoms with van der Waals surface area (Å²) in [6, 6.07) is 6.69. The minimum absolute atomic E-state index is 0.305. The van der Waals surface area contributed by atoms with Gasteiger partial charge >= 0.3 is 0 Å². The van der Waals surface area contributed by atoms with E-state index in [1.54, 1.807) is 0 Å². The molecule has 0 bridgehead atoms. The molecule has 1 atom stereocenters. The molecule has 1 aromatic rings. The summed E-state index contributed by atoms with van der Waals surface area (Å²) in [5.74, 6) is 1.72. The Labute approximate surface area is 121 Å². The Hall–Kier alpha value is -1.26. The molecule has 0 radical (unpaired) electrons. The number of hydrogen-bond acceptors (Lipinski definition) is 4. The van der Waals surface area contributed by atoms with Gasteiger partial charge < -0.3 is 19.9 Å². The summed E-state index contributed by atoms with van der Waals surface area (Å²) in [6.07, 6.45) is 5.29. The van der Waals surface area contributed by atoms with Crippen LogP contribution in [0.25, 0.3) is 0 Å². The summed E-state index contributed by atoms with van der Waals surface area (Å²) < 4.78 is 10.7. The van der Waals surface area contributed by atoms with Crippen molar-refractivity contribution in [3.8, 4) is 11.5 Å². The van der Waals surface area contributed by atoms with Crippen LogP contribution in [0.2, 0.25) is 0 Å². The summed E-state index contributed by atoms with van der Waals surface area (Å²) in [6.45, 7) is 3.89. The number of hydrogen-bond donors (Lipinski definition) is 2. The first-order chi connectivity index (χ1) is 9.79. The second kappa shape index (κ2) is 8.12. The summed E-state index contributed by atoms with van der Waals surface area (Å²) in [5, 5.41) is 12.2. The van der Waals surface area contributed by atoms with E-state index in [9.17, 15) is 0 Å². The molecule has 0 fully saturated rings. The van der Waals surface area contributed by atoms with Crippen molar-refractivity contribution in [3.63, 3.8) is 0 Å². The van der Waals surface area contributed by atoms with Gasteiger partial charge in [0.25, 0.3) is 0 Å². The second-order valence-corrected chi connectivity index (χ2v) is 5.37. The van der Waals surface area contributed by atoms with Crippen molar-refractivity contribution in [2.24, 2.45) is 0 Å². The zero-order chi connectivity index (χ0) is 14.2. The molecule has 1 aliphatic heterocycles. The van der Waals surface area contributed by atoms with Crippen LogP contribution in [0, 0.1) is 0 Å². The highest BCUT2D eigenvalue weighted by molar-refractivity contribution is 5.44. The van der Waals surface area contributed by atoms with Crippen molar-refractivity contribution < 1.29 is 14.6 Å². The number of rotatable bonds is 9. The number of fused-ring (bicyclic) bond motifs is 1. The number of aliphatic hydroxyl groups is 1. The lowest BCUT2D eigenvalue weighted by Gasteiger charge is -2.13. The van der Waals surface area contributed by atoms with Crippen LogP contribution in [-0.4, -0.2) is 31.1 Å². The molecule has 4 nitrogen and oxygen atoms in total. The smallest absolute Gasteiger partial charge is 0.231 e. The van der Waals surface area contributed by atoms with E-state index in [0.29, 0.717) is 19.4 Å². The molecule has 2 N–H and O–H groups in total. The molecule has 0 aromatic heterocycles. The fourth-order valence-electron chi connectivity index (χ4n) is 2.34. The van der Waals surface area contributed by atoms with Crippen LogP contribution in [0.4, 0.5) is 0 Å². The third-order valence-corrected chi connectivity index (χ3v) is 3.63. The molecule has 1 aromatic carbocycles. The van der Waals surface area contributed by atoms with E-state index in [-0.39, 0.29) is 0 Å². The Bertz CT molecular complexity index is 409. The van der Waals surface area contributed by atoms with Gasteiger partial charge in [-0.25, -0.2) is 0 Å². The van der Waals surface area contributed by atoms with Crippen LogP contribution in [-0.2, 0) is 6.42 Å². The van der Waals surface area contributed by atoms with Gasteiger partial charge in [-0.1, -0.05) is 6.07 Å². The normalized spacial score (nSPS) is 14.5. The fourth-order valence-corrected chi connectivity index (χ4v) is 2.34. The largest absolute Gasteiger partial charge is 0.454 e. The lowest BCUT2D eigenvalue weighted by Crippen LogP contribution is -2.27. The predicted octanol–water partition coefficient (Wildman–Crippen LogP) is 2.49. The lowest BCUT2D eigenvalue weighted by molar-refractivity contribution is 0.174. The number of benzene rings is 1. The van der Waals surface area contributed by atoms with Crippen molar-refractivity contribution in [2.75, 3.05) is 19.9 Å². The minimum Gasteiger partial charge on any atom is -0.454 e. The van der Waals surface area contributed by atoms with Crippen molar-refractivity contribution in [3.05, 3.63) is 23.8 Å². The summed E-state index contributed by atoms with van der Waals surface area (Å²) in [5.41, 5.74) is 1.29. The van der Waals surface area contributed by atoms with Gasteiger partial charge in [0.1, 0.15) is 0 Å². The van der Waals surface area contributed by atoms with Gasteiger partial charge in [-0.2, -0.15) is 0 Å². The molecule has 1 aliphatic rings. The van der Waals surface area contributed by atoms with E-state index in [1.165, 1.54) is 5.56 Å². The zero-order valence-corrected chi connectivity index (χ0v) is 12.2. The highest BCUT2D eigenvalue weighted by atomic mass is 16.7. The van der Waals surface area contributed by atoms with Crippen LogP contribution in [0.3, 0.4) is 0 Å². The quantitative estimate of drug-likeness (QED) is 0.682. The van der Waals surface area contributed by atoms with Crippen LogP contribution < -0.4 is 14.8 Å². The van der Waals surface area contributed by atoms with E-state index in [0.717, 1.165) is 50.1 Å². The van der Waals surface area contributed by atoms with E-state index in [1.807, 2.05) is 6.07 Å². The van der Waals surface area contributed by atoms with Crippen molar-refractivity contribution in [2.45, 2.75) is 45.1 Å². The van der Waals surface area contributed by atoms with Crippen molar-refractivity contribution in [1.82, 2.24) is 5.32 Å². The van der Waals surface area contributed by atoms with E-state index >= 15 is 0 Å². The van der Waals surface area contributed by atoms with Gasteiger partial charge in [0.05, 0.1) is 0 Å².